The van der Waals surface area contributed by atoms with Gasteiger partial charge in [0.05, 0.1) is 24.7 Å². The molecule has 0 amide bonds. The summed E-state index contributed by atoms with van der Waals surface area (Å²) in [5.41, 5.74) is 3.81. The average molecular weight is 480 g/mol. The maximum absolute atomic E-state index is 12.7. The van der Waals surface area contributed by atoms with Crippen molar-refractivity contribution in [3.63, 3.8) is 0 Å². The molecule has 6 nitrogen and oxygen atoms in total. The van der Waals surface area contributed by atoms with Crippen molar-refractivity contribution in [1.82, 2.24) is 4.98 Å². The molecule has 0 aliphatic heterocycles. The van der Waals surface area contributed by atoms with E-state index in [1.165, 1.54) is 0 Å². The Morgan fingerprint density at radius 2 is 1.41 bits per heavy atom. The molecule has 0 fully saturated rings. The lowest BCUT2D eigenvalue weighted by Gasteiger charge is -2.26. The SMILES string of the molecule is COc1ccc(CN(Cc2ccc(OC)cc2)c2ncccc2/C(C)=N/[S@@](=O)C(C)(C)C)cc1. The molecule has 0 saturated heterocycles. The first-order valence-electron chi connectivity index (χ1n) is 11.1. The van der Waals surface area contributed by atoms with Gasteiger partial charge in [-0.15, -0.1) is 0 Å². The van der Waals surface area contributed by atoms with E-state index in [0.29, 0.717) is 18.8 Å². The smallest absolute Gasteiger partial charge is 0.145 e. The normalized spacial score (nSPS) is 12.8. The van der Waals surface area contributed by atoms with Crippen LogP contribution in [0.1, 0.15) is 44.4 Å². The van der Waals surface area contributed by atoms with Gasteiger partial charge < -0.3 is 14.4 Å². The van der Waals surface area contributed by atoms with Crippen LogP contribution in [0.2, 0.25) is 0 Å². The van der Waals surface area contributed by atoms with E-state index in [1.807, 2.05) is 64.1 Å². The first kappa shape index (κ1) is 25.4. The van der Waals surface area contributed by atoms with Gasteiger partial charge in [0.1, 0.15) is 28.3 Å². The number of ether oxygens (including phenoxy) is 2. The highest BCUT2D eigenvalue weighted by molar-refractivity contribution is 7.85. The number of anilines is 1. The molecule has 0 saturated carbocycles. The molecule has 0 bridgehead atoms. The predicted octanol–water partition coefficient (Wildman–Crippen LogP) is 5.58. The van der Waals surface area contributed by atoms with Crippen LogP contribution in [0.4, 0.5) is 5.82 Å². The summed E-state index contributed by atoms with van der Waals surface area (Å²) in [6.07, 6.45) is 1.78. The fraction of sp³-hybridized carbons (Fsp3) is 0.333. The summed E-state index contributed by atoms with van der Waals surface area (Å²) in [4.78, 5) is 6.93. The summed E-state index contributed by atoms with van der Waals surface area (Å²) in [6, 6.07) is 19.9. The van der Waals surface area contributed by atoms with Crippen molar-refractivity contribution in [3.8, 4) is 11.5 Å². The molecule has 1 atom stereocenters. The van der Waals surface area contributed by atoms with Gasteiger partial charge in [-0.25, -0.2) is 9.19 Å². The Labute approximate surface area is 205 Å². The summed E-state index contributed by atoms with van der Waals surface area (Å²) in [6.45, 7) is 8.92. The Kier molecular flexibility index (Phi) is 8.45. The summed E-state index contributed by atoms with van der Waals surface area (Å²) >= 11 is 0. The largest absolute Gasteiger partial charge is 0.497 e. The van der Waals surface area contributed by atoms with E-state index in [1.54, 1.807) is 20.4 Å². The summed E-state index contributed by atoms with van der Waals surface area (Å²) in [5.74, 6) is 2.43. The van der Waals surface area contributed by atoms with Gasteiger partial charge in [0.25, 0.3) is 0 Å². The highest BCUT2D eigenvalue weighted by Gasteiger charge is 2.21. The van der Waals surface area contributed by atoms with Crippen LogP contribution in [0.5, 0.6) is 11.5 Å². The zero-order valence-corrected chi connectivity index (χ0v) is 21.6. The topological polar surface area (TPSA) is 64.0 Å². The minimum absolute atomic E-state index is 0.435. The molecule has 2 aromatic carbocycles. The van der Waals surface area contributed by atoms with Crippen molar-refractivity contribution in [2.45, 2.75) is 45.5 Å². The summed E-state index contributed by atoms with van der Waals surface area (Å²) < 4.78 is 27.4. The van der Waals surface area contributed by atoms with E-state index in [4.69, 9.17) is 14.5 Å². The first-order chi connectivity index (χ1) is 16.2. The molecular formula is C27H33N3O3S. The lowest BCUT2D eigenvalue weighted by Crippen LogP contribution is -2.26. The number of hydrogen-bond donors (Lipinski definition) is 0. The monoisotopic (exact) mass is 479 g/mol. The van der Waals surface area contributed by atoms with E-state index < -0.39 is 15.7 Å². The fourth-order valence-electron chi connectivity index (χ4n) is 3.35. The number of aromatic nitrogens is 1. The number of methoxy groups -OCH3 is 2. The molecule has 7 heteroatoms. The molecule has 0 aliphatic carbocycles. The fourth-order valence-corrected chi connectivity index (χ4v) is 3.97. The van der Waals surface area contributed by atoms with Crippen LogP contribution in [0.3, 0.4) is 0 Å². The van der Waals surface area contributed by atoms with Crippen LogP contribution >= 0.6 is 0 Å². The second-order valence-corrected chi connectivity index (χ2v) is 10.9. The summed E-state index contributed by atoms with van der Waals surface area (Å²) in [5, 5.41) is 0. The van der Waals surface area contributed by atoms with Crippen molar-refractivity contribution in [3.05, 3.63) is 83.6 Å². The number of benzene rings is 2. The summed E-state index contributed by atoms with van der Waals surface area (Å²) in [7, 11) is 1.96. The van der Waals surface area contributed by atoms with Gasteiger partial charge in [-0.05, 0) is 75.2 Å². The third-order valence-electron chi connectivity index (χ3n) is 5.28. The quantitative estimate of drug-likeness (QED) is 0.375. The number of hydrogen-bond acceptors (Lipinski definition) is 5. The number of nitrogens with zero attached hydrogens (tertiary/aromatic N) is 3. The Bertz CT molecular complexity index is 1090. The van der Waals surface area contributed by atoms with E-state index >= 15 is 0 Å². The Hall–Kier alpha value is -3.19. The zero-order chi connectivity index (χ0) is 24.7. The van der Waals surface area contributed by atoms with Crippen LogP contribution in [0.25, 0.3) is 0 Å². The molecule has 0 unspecified atom stereocenters. The van der Waals surface area contributed by atoms with Gasteiger partial charge in [-0.2, -0.15) is 4.40 Å². The predicted molar refractivity (Wildman–Crippen MR) is 140 cm³/mol. The van der Waals surface area contributed by atoms with Gasteiger partial charge in [0.2, 0.25) is 0 Å². The van der Waals surface area contributed by atoms with E-state index in [2.05, 4.69) is 33.6 Å². The van der Waals surface area contributed by atoms with Crippen molar-refractivity contribution in [2.75, 3.05) is 19.1 Å². The van der Waals surface area contributed by atoms with Gasteiger partial charge in [0, 0.05) is 24.8 Å². The first-order valence-corrected chi connectivity index (χ1v) is 12.3. The van der Waals surface area contributed by atoms with Crippen LogP contribution in [-0.2, 0) is 24.1 Å². The molecule has 1 heterocycles. The van der Waals surface area contributed by atoms with Crippen molar-refractivity contribution in [2.24, 2.45) is 4.40 Å². The molecule has 1 aromatic heterocycles. The second-order valence-electron chi connectivity index (χ2n) is 8.97. The minimum atomic E-state index is -1.36. The second kappa shape index (κ2) is 11.3. The maximum Gasteiger partial charge on any atom is 0.145 e. The van der Waals surface area contributed by atoms with E-state index in [9.17, 15) is 4.21 Å². The third kappa shape index (κ3) is 6.67. The molecule has 0 N–H and O–H groups in total. The van der Waals surface area contributed by atoms with Gasteiger partial charge in [-0.3, -0.25) is 0 Å². The standard InChI is InChI=1S/C27H33N3O3S/c1-20(29-34(31)27(2,3)4)25-8-7-17-28-26(25)30(18-21-9-13-23(32-5)14-10-21)19-22-11-15-24(33-6)16-12-22/h7-17H,18-19H2,1-6H3/b29-20+/t34-/m0/s1. The molecule has 3 aromatic rings. The average Bonchev–Trinajstić information content (AvgIpc) is 2.84. The van der Waals surface area contributed by atoms with Gasteiger partial charge >= 0.3 is 0 Å². The molecule has 3 rings (SSSR count). The molecular weight excluding hydrogens is 446 g/mol. The van der Waals surface area contributed by atoms with E-state index in [-0.39, 0.29) is 0 Å². The molecule has 0 radical (unpaired) electrons. The van der Waals surface area contributed by atoms with Crippen molar-refractivity contribution < 1.29 is 13.7 Å². The van der Waals surface area contributed by atoms with Crippen LogP contribution in [0.15, 0.2) is 71.3 Å². The lowest BCUT2D eigenvalue weighted by molar-refractivity contribution is 0.414. The Morgan fingerprint density at radius 1 is 0.912 bits per heavy atom. The van der Waals surface area contributed by atoms with Crippen molar-refractivity contribution >= 4 is 22.5 Å². The highest BCUT2D eigenvalue weighted by atomic mass is 32.2. The highest BCUT2D eigenvalue weighted by Crippen LogP contribution is 2.25. The van der Waals surface area contributed by atoms with Crippen LogP contribution in [0, 0.1) is 0 Å². The van der Waals surface area contributed by atoms with Crippen molar-refractivity contribution in [1.29, 1.82) is 0 Å². The van der Waals surface area contributed by atoms with Crippen LogP contribution < -0.4 is 14.4 Å². The zero-order valence-electron chi connectivity index (χ0n) is 20.7. The third-order valence-corrected chi connectivity index (χ3v) is 6.77. The molecule has 34 heavy (non-hydrogen) atoms. The van der Waals surface area contributed by atoms with E-state index in [0.717, 1.165) is 34.0 Å². The van der Waals surface area contributed by atoms with Gasteiger partial charge in [0.15, 0.2) is 0 Å². The molecule has 0 spiro atoms. The van der Waals surface area contributed by atoms with Crippen LogP contribution in [-0.4, -0.2) is 33.9 Å². The number of pyridine rings is 1. The Morgan fingerprint density at radius 3 is 1.85 bits per heavy atom. The lowest BCUT2D eigenvalue weighted by atomic mass is 10.1. The molecule has 180 valence electrons. The maximum atomic E-state index is 12.7. The molecule has 0 aliphatic rings. The minimum Gasteiger partial charge on any atom is -0.497 e. The van der Waals surface area contributed by atoms with Gasteiger partial charge in [-0.1, -0.05) is 24.3 Å². The number of rotatable bonds is 9. The Balaban J connectivity index is 2.01.